The Bertz CT molecular complexity index is 87.6. The van der Waals surface area contributed by atoms with Gasteiger partial charge in [0.15, 0.2) is 0 Å². The first-order chi connectivity index (χ1) is 4.88. The summed E-state index contributed by atoms with van der Waals surface area (Å²) in [6, 6.07) is 0. The number of rotatable bonds is 0. The molecule has 68 valence electrons. The molecule has 0 saturated carbocycles. The van der Waals surface area contributed by atoms with Gasteiger partial charge in [-0.05, 0) is 6.92 Å². The second-order valence-corrected chi connectivity index (χ2v) is 0.763. The average molecular weight is 194 g/mol. The fraction of sp³-hybridized carbons (Fsp3) is 1.00. The molecule has 0 aromatic rings. The van der Waals surface area contributed by atoms with Gasteiger partial charge >= 0.3 is 23.1 Å². The Balaban J connectivity index is -0.0000000389. The molecule has 0 fully saturated rings. The standard InChI is InChI=1S/C2H6O.Mg.2NO3/c1-2-3;;2*2-1(3)4/h3H,2H2,1H3;;;/q;+2;2*-1. The van der Waals surface area contributed by atoms with Gasteiger partial charge in [-0.3, -0.25) is 0 Å². The molecule has 0 aromatic carbocycles. The molecule has 0 aliphatic carbocycles. The van der Waals surface area contributed by atoms with Crippen LogP contribution in [0.4, 0.5) is 0 Å². The summed E-state index contributed by atoms with van der Waals surface area (Å²) in [5.74, 6) is 0. The minimum absolute atomic E-state index is 0. The first-order valence-electron chi connectivity index (χ1n) is 2.12. The van der Waals surface area contributed by atoms with Crippen LogP contribution in [0.1, 0.15) is 6.92 Å². The third-order valence-electron chi connectivity index (χ3n) is 0. The Morgan fingerprint density at radius 3 is 1.08 bits per heavy atom. The Morgan fingerprint density at radius 1 is 1.08 bits per heavy atom. The molecule has 0 radical (unpaired) electrons. The predicted octanol–water partition coefficient (Wildman–Crippen LogP) is -0.860. The van der Waals surface area contributed by atoms with Gasteiger partial charge in [0.1, 0.15) is 0 Å². The van der Waals surface area contributed by atoms with E-state index in [2.05, 4.69) is 0 Å². The van der Waals surface area contributed by atoms with Crippen LogP contribution in [-0.2, 0) is 0 Å². The van der Waals surface area contributed by atoms with Crippen molar-refractivity contribution in [1.82, 2.24) is 0 Å². The molecule has 0 heterocycles. The zero-order valence-corrected chi connectivity index (χ0v) is 7.62. The molecule has 0 atom stereocenters. The third-order valence-corrected chi connectivity index (χ3v) is 0. The van der Waals surface area contributed by atoms with Crippen LogP contribution in [0.25, 0.3) is 0 Å². The van der Waals surface area contributed by atoms with E-state index in [0.29, 0.717) is 0 Å². The molecule has 0 rings (SSSR count). The molecule has 0 bridgehead atoms. The molecule has 0 amide bonds. The van der Waals surface area contributed by atoms with Crippen molar-refractivity contribution in [2.24, 2.45) is 0 Å². The van der Waals surface area contributed by atoms with Crippen LogP contribution in [0.15, 0.2) is 0 Å². The number of hydrogen-bond acceptors (Lipinski definition) is 7. The average Bonchev–Trinajstić information content (AvgIpc) is 1.60. The van der Waals surface area contributed by atoms with Crippen LogP contribution in [0.3, 0.4) is 0 Å². The van der Waals surface area contributed by atoms with Gasteiger partial charge in [0, 0.05) is 6.61 Å². The van der Waals surface area contributed by atoms with E-state index in [0.717, 1.165) is 0 Å². The SMILES string of the molecule is CCO.O=[N+]([O-])[O-].O=[N+]([O-])[O-].[Mg+2]. The topological polar surface area (TPSA) is 153 Å². The van der Waals surface area contributed by atoms with E-state index >= 15 is 0 Å². The minimum Gasteiger partial charge on any atom is -0.397 e. The maximum absolute atomic E-state index is 8.25. The van der Waals surface area contributed by atoms with Crippen molar-refractivity contribution in [3.63, 3.8) is 0 Å². The summed E-state index contributed by atoms with van der Waals surface area (Å²) in [6.07, 6.45) is 0. The summed E-state index contributed by atoms with van der Waals surface area (Å²) in [4.78, 5) is 16.5. The van der Waals surface area contributed by atoms with E-state index in [9.17, 15) is 0 Å². The second-order valence-electron chi connectivity index (χ2n) is 0.763. The molecule has 0 unspecified atom stereocenters. The maximum atomic E-state index is 8.25. The summed E-state index contributed by atoms with van der Waals surface area (Å²) >= 11 is 0. The van der Waals surface area contributed by atoms with Crippen molar-refractivity contribution < 1.29 is 15.3 Å². The Kier molecular flexibility index (Phi) is 42.1. The van der Waals surface area contributed by atoms with E-state index in [1.54, 1.807) is 6.92 Å². The molecular formula is C2H6MgN2O7. The zero-order chi connectivity index (χ0) is 9.86. The van der Waals surface area contributed by atoms with Crippen molar-refractivity contribution in [2.45, 2.75) is 6.92 Å². The number of nitrogens with zero attached hydrogens (tertiary/aromatic N) is 2. The van der Waals surface area contributed by atoms with Crippen LogP contribution in [0, 0.1) is 30.6 Å². The van der Waals surface area contributed by atoms with Gasteiger partial charge in [0.05, 0.1) is 10.2 Å². The van der Waals surface area contributed by atoms with Crippen molar-refractivity contribution in [3.05, 3.63) is 30.6 Å². The first-order valence-corrected chi connectivity index (χ1v) is 2.12. The molecule has 9 nitrogen and oxygen atoms in total. The Labute approximate surface area is 83.0 Å². The van der Waals surface area contributed by atoms with Crippen molar-refractivity contribution in [3.8, 4) is 0 Å². The zero-order valence-electron chi connectivity index (χ0n) is 6.21. The number of aliphatic hydroxyl groups is 1. The maximum Gasteiger partial charge on any atom is 2.00 e. The summed E-state index contributed by atoms with van der Waals surface area (Å²) in [5, 5.41) is 37.1. The smallest absolute Gasteiger partial charge is 0.397 e. The Hall–Kier alpha value is -0.874. The van der Waals surface area contributed by atoms with Crippen molar-refractivity contribution in [2.75, 3.05) is 6.61 Å². The van der Waals surface area contributed by atoms with Gasteiger partial charge in [-0.2, -0.15) is 0 Å². The molecule has 0 aromatic heterocycles. The quantitative estimate of drug-likeness (QED) is 0.299. The van der Waals surface area contributed by atoms with E-state index in [1.807, 2.05) is 0 Å². The minimum atomic E-state index is -1.75. The number of aliphatic hydroxyl groups excluding tert-OH is 1. The Morgan fingerprint density at radius 2 is 1.08 bits per heavy atom. The van der Waals surface area contributed by atoms with Gasteiger partial charge < -0.3 is 35.7 Å². The predicted molar refractivity (Wildman–Crippen MR) is 39.2 cm³/mol. The van der Waals surface area contributed by atoms with Gasteiger partial charge in [-0.25, -0.2) is 0 Å². The number of hydrogen-bond donors (Lipinski definition) is 1. The molecule has 12 heavy (non-hydrogen) atoms. The normalized spacial score (nSPS) is 5.50. The van der Waals surface area contributed by atoms with E-state index < -0.39 is 10.2 Å². The van der Waals surface area contributed by atoms with E-state index in [4.69, 9.17) is 35.7 Å². The van der Waals surface area contributed by atoms with Crippen molar-refractivity contribution >= 4 is 23.1 Å². The van der Waals surface area contributed by atoms with Crippen molar-refractivity contribution in [1.29, 1.82) is 0 Å². The monoisotopic (exact) mass is 194 g/mol. The van der Waals surface area contributed by atoms with Gasteiger partial charge in [0.25, 0.3) is 0 Å². The van der Waals surface area contributed by atoms with Crippen LogP contribution in [-0.4, -0.2) is 44.9 Å². The summed E-state index contributed by atoms with van der Waals surface area (Å²) < 4.78 is 0. The molecule has 10 heteroatoms. The molecule has 0 aliphatic heterocycles. The summed E-state index contributed by atoms with van der Waals surface area (Å²) in [6.45, 7) is 1.93. The van der Waals surface area contributed by atoms with Gasteiger partial charge in [0.2, 0.25) is 0 Å². The fourth-order valence-corrected chi connectivity index (χ4v) is 0. The van der Waals surface area contributed by atoms with Crippen LogP contribution >= 0.6 is 0 Å². The van der Waals surface area contributed by atoms with Gasteiger partial charge in [-0.15, -0.1) is 0 Å². The largest absolute Gasteiger partial charge is 2.00 e. The first kappa shape index (κ1) is 22.5. The van der Waals surface area contributed by atoms with Crippen LogP contribution in [0.5, 0.6) is 0 Å². The second kappa shape index (κ2) is 22.5. The van der Waals surface area contributed by atoms with Crippen LogP contribution in [0.2, 0.25) is 0 Å². The van der Waals surface area contributed by atoms with E-state index in [-0.39, 0.29) is 29.7 Å². The third kappa shape index (κ3) is 789. The summed E-state index contributed by atoms with van der Waals surface area (Å²) in [5.41, 5.74) is 0. The molecular weight excluding hydrogens is 188 g/mol. The molecule has 1 N–H and O–H groups in total. The fourth-order valence-electron chi connectivity index (χ4n) is 0. The molecule has 0 spiro atoms. The molecule has 0 aliphatic rings. The summed E-state index contributed by atoms with van der Waals surface area (Å²) in [7, 11) is 0. The van der Waals surface area contributed by atoms with E-state index in [1.165, 1.54) is 0 Å². The molecule has 0 saturated heterocycles. The van der Waals surface area contributed by atoms with Gasteiger partial charge in [-0.1, -0.05) is 0 Å². The van der Waals surface area contributed by atoms with Crippen LogP contribution < -0.4 is 0 Å².